The highest BCUT2D eigenvalue weighted by molar-refractivity contribution is 6.32. The molecule has 156 valence electrons. The molecule has 0 spiro atoms. The Kier molecular flexibility index (Phi) is 7.07. The SMILES string of the molecule is CC.Cc1ccc2ccc(C(Nc3ccccn3)c3cccc(C#N)c3Cl)c(O)c2n1. The van der Waals surface area contributed by atoms with Crippen molar-refractivity contribution in [2.75, 3.05) is 5.32 Å². The van der Waals surface area contributed by atoms with Crippen LogP contribution in [-0.2, 0) is 0 Å². The van der Waals surface area contributed by atoms with E-state index in [1.165, 1.54) is 0 Å². The Morgan fingerprint density at radius 1 is 1.00 bits per heavy atom. The Balaban J connectivity index is 0.00000132. The number of anilines is 1. The number of hydrogen-bond acceptors (Lipinski definition) is 5. The number of nitriles is 1. The van der Waals surface area contributed by atoms with E-state index in [2.05, 4.69) is 21.4 Å². The Hall–Kier alpha value is -3.62. The first-order valence-corrected chi connectivity index (χ1v) is 10.4. The molecule has 0 fully saturated rings. The molecule has 2 heterocycles. The quantitative estimate of drug-likeness (QED) is 0.391. The topological polar surface area (TPSA) is 81.8 Å². The predicted octanol–water partition coefficient (Wildman–Crippen LogP) is 6.40. The first-order valence-electron chi connectivity index (χ1n) is 10.0. The number of aryl methyl sites for hydroxylation is 1. The van der Waals surface area contributed by atoms with Crippen molar-refractivity contribution in [2.24, 2.45) is 0 Å². The zero-order valence-electron chi connectivity index (χ0n) is 17.6. The summed E-state index contributed by atoms with van der Waals surface area (Å²) in [5.41, 5.74) is 2.95. The molecule has 2 N–H and O–H groups in total. The van der Waals surface area contributed by atoms with Gasteiger partial charge in [-0.2, -0.15) is 5.26 Å². The van der Waals surface area contributed by atoms with Crippen LogP contribution in [0.4, 0.5) is 5.82 Å². The number of phenolic OH excluding ortho intramolecular Hbond substituents is 1. The second-order valence-electron chi connectivity index (χ2n) is 6.64. The molecule has 1 atom stereocenters. The number of rotatable bonds is 4. The number of hydrogen-bond donors (Lipinski definition) is 2. The predicted molar refractivity (Wildman–Crippen MR) is 125 cm³/mol. The fraction of sp³-hybridized carbons (Fsp3) is 0.160. The van der Waals surface area contributed by atoms with Crippen LogP contribution in [0.5, 0.6) is 5.75 Å². The fourth-order valence-corrected chi connectivity index (χ4v) is 3.58. The van der Waals surface area contributed by atoms with Crippen LogP contribution in [0, 0.1) is 18.3 Å². The van der Waals surface area contributed by atoms with E-state index in [1.54, 1.807) is 18.3 Å². The Bertz CT molecular complexity index is 1240. The minimum atomic E-state index is -0.530. The summed E-state index contributed by atoms with van der Waals surface area (Å²) in [7, 11) is 0. The first-order chi connectivity index (χ1) is 15.1. The van der Waals surface area contributed by atoms with Crippen molar-refractivity contribution in [2.45, 2.75) is 26.8 Å². The zero-order valence-corrected chi connectivity index (χ0v) is 18.4. The van der Waals surface area contributed by atoms with Crippen molar-refractivity contribution < 1.29 is 5.11 Å². The molecule has 4 aromatic rings. The van der Waals surface area contributed by atoms with E-state index in [4.69, 9.17) is 11.6 Å². The van der Waals surface area contributed by atoms with Gasteiger partial charge in [0.15, 0.2) is 0 Å². The van der Waals surface area contributed by atoms with Crippen LogP contribution in [0.2, 0.25) is 5.02 Å². The van der Waals surface area contributed by atoms with Crippen LogP contribution in [0.15, 0.2) is 66.9 Å². The molecular formula is C25H23ClN4O. The number of aromatic hydroxyl groups is 1. The monoisotopic (exact) mass is 430 g/mol. The summed E-state index contributed by atoms with van der Waals surface area (Å²) in [6, 6.07) is 19.9. The van der Waals surface area contributed by atoms with Crippen LogP contribution in [0.1, 0.15) is 42.3 Å². The van der Waals surface area contributed by atoms with E-state index in [0.717, 1.165) is 11.1 Å². The molecule has 0 aliphatic carbocycles. The van der Waals surface area contributed by atoms with Gasteiger partial charge in [-0.15, -0.1) is 0 Å². The lowest BCUT2D eigenvalue weighted by Gasteiger charge is -2.23. The fourth-order valence-electron chi connectivity index (χ4n) is 3.30. The van der Waals surface area contributed by atoms with Gasteiger partial charge in [-0.1, -0.05) is 61.8 Å². The molecule has 0 aliphatic rings. The maximum Gasteiger partial charge on any atom is 0.147 e. The third-order valence-electron chi connectivity index (χ3n) is 4.73. The van der Waals surface area contributed by atoms with E-state index in [9.17, 15) is 10.4 Å². The average molecular weight is 431 g/mol. The minimum absolute atomic E-state index is 0.0676. The highest BCUT2D eigenvalue weighted by atomic mass is 35.5. The van der Waals surface area contributed by atoms with Crippen LogP contribution in [0.25, 0.3) is 10.9 Å². The Labute approximate surface area is 187 Å². The van der Waals surface area contributed by atoms with Gasteiger partial charge in [0.2, 0.25) is 0 Å². The maximum absolute atomic E-state index is 11.1. The lowest BCUT2D eigenvalue weighted by molar-refractivity contribution is 0.471. The zero-order chi connectivity index (χ0) is 22.4. The second kappa shape index (κ2) is 9.92. The lowest BCUT2D eigenvalue weighted by atomic mass is 9.95. The van der Waals surface area contributed by atoms with Gasteiger partial charge in [-0.25, -0.2) is 9.97 Å². The van der Waals surface area contributed by atoms with Gasteiger partial charge >= 0.3 is 0 Å². The summed E-state index contributed by atoms with van der Waals surface area (Å²) in [6.07, 6.45) is 1.68. The molecule has 6 heteroatoms. The summed E-state index contributed by atoms with van der Waals surface area (Å²) in [5, 5.41) is 25.0. The van der Waals surface area contributed by atoms with Gasteiger partial charge < -0.3 is 10.4 Å². The van der Waals surface area contributed by atoms with Crippen molar-refractivity contribution in [1.29, 1.82) is 5.26 Å². The van der Waals surface area contributed by atoms with E-state index >= 15 is 0 Å². The van der Waals surface area contributed by atoms with Gasteiger partial charge in [-0.05, 0) is 36.8 Å². The summed E-state index contributed by atoms with van der Waals surface area (Å²) in [5.74, 6) is 0.686. The number of benzene rings is 2. The van der Waals surface area contributed by atoms with Crippen LogP contribution >= 0.6 is 11.6 Å². The van der Waals surface area contributed by atoms with E-state index in [0.29, 0.717) is 33.0 Å². The number of nitrogens with one attached hydrogen (secondary N) is 1. The minimum Gasteiger partial charge on any atom is -0.505 e. The molecule has 0 bridgehead atoms. The van der Waals surface area contributed by atoms with Gasteiger partial charge in [0.05, 0.1) is 16.6 Å². The summed E-state index contributed by atoms with van der Waals surface area (Å²) < 4.78 is 0. The van der Waals surface area contributed by atoms with Crippen LogP contribution in [-0.4, -0.2) is 15.1 Å². The van der Waals surface area contributed by atoms with Gasteiger partial charge in [0, 0.05) is 22.8 Å². The first kappa shape index (κ1) is 22.1. The number of halogens is 1. The lowest BCUT2D eigenvalue weighted by Crippen LogP contribution is -2.14. The molecule has 2 aromatic carbocycles. The molecule has 0 saturated carbocycles. The Morgan fingerprint density at radius 3 is 2.48 bits per heavy atom. The molecule has 4 rings (SSSR count). The normalized spacial score (nSPS) is 11.2. The van der Waals surface area contributed by atoms with E-state index in [-0.39, 0.29) is 5.75 Å². The highest BCUT2D eigenvalue weighted by Gasteiger charge is 2.23. The molecule has 0 amide bonds. The van der Waals surface area contributed by atoms with Crippen molar-refractivity contribution in [3.8, 4) is 11.8 Å². The number of nitrogens with zero attached hydrogens (tertiary/aromatic N) is 3. The average Bonchev–Trinajstić information content (AvgIpc) is 2.81. The third kappa shape index (κ3) is 4.60. The number of aromatic nitrogens is 2. The van der Waals surface area contributed by atoms with Crippen molar-refractivity contribution in [3.05, 3.63) is 94.3 Å². The molecule has 0 saturated heterocycles. The second-order valence-corrected chi connectivity index (χ2v) is 7.02. The largest absolute Gasteiger partial charge is 0.505 e. The molecule has 31 heavy (non-hydrogen) atoms. The molecule has 2 aromatic heterocycles. The van der Waals surface area contributed by atoms with Gasteiger partial charge in [0.1, 0.15) is 23.2 Å². The van der Waals surface area contributed by atoms with Crippen LogP contribution in [0.3, 0.4) is 0 Å². The summed E-state index contributed by atoms with van der Waals surface area (Å²) in [6.45, 7) is 5.88. The third-order valence-corrected chi connectivity index (χ3v) is 5.16. The standard InChI is InChI=1S/C23H17ClN4O.C2H6/c1-14-8-9-15-10-11-18(23(29)21(15)27-14)22(28-19-7-2-3-12-26-19)17-6-4-5-16(13-25)20(17)24;1-2/h2-12,22,29H,1H3,(H,26,28);1-2H3. The van der Waals surface area contributed by atoms with Crippen molar-refractivity contribution in [3.63, 3.8) is 0 Å². The highest BCUT2D eigenvalue weighted by Crippen LogP contribution is 2.39. The molecule has 0 aliphatic heterocycles. The van der Waals surface area contributed by atoms with Gasteiger partial charge in [-0.3, -0.25) is 0 Å². The number of phenols is 1. The summed E-state index contributed by atoms with van der Waals surface area (Å²) >= 11 is 6.54. The number of fused-ring (bicyclic) bond motifs is 1. The summed E-state index contributed by atoms with van der Waals surface area (Å²) in [4.78, 5) is 8.83. The molecule has 1 unspecified atom stereocenters. The van der Waals surface area contributed by atoms with Crippen molar-refractivity contribution >= 4 is 28.3 Å². The van der Waals surface area contributed by atoms with E-state index < -0.39 is 6.04 Å². The van der Waals surface area contributed by atoms with Crippen molar-refractivity contribution in [1.82, 2.24) is 9.97 Å². The molecule has 5 nitrogen and oxygen atoms in total. The van der Waals surface area contributed by atoms with E-state index in [1.807, 2.05) is 69.3 Å². The number of pyridine rings is 2. The van der Waals surface area contributed by atoms with Crippen LogP contribution < -0.4 is 5.32 Å². The van der Waals surface area contributed by atoms with Gasteiger partial charge in [0.25, 0.3) is 0 Å². The Morgan fingerprint density at radius 2 is 1.77 bits per heavy atom. The maximum atomic E-state index is 11.1. The molecule has 0 radical (unpaired) electrons. The smallest absolute Gasteiger partial charge is 0.147 e. The molecular weight excluding hydrogens is 408 g/mol.